The van der Waals surface area contributed by atoms with Crippen LogP contribution in [0.3, 0.4) is 0 Å². The first-order valence-corrected chi connectivity index (χ1v) is 8.87. The van der Waals surface area contributed by atoms with Crippen molar-refractivity contribution in [2.45, 2.75) is 6.42 Å². The molecule has 3 heteroatoms. The van der Waals surface area contributed by atoms with Gasteiger partial charge < -0.3 is 5.21 Å². The Hall–Kier alpha value is -3.59. The van der Waals surface area contributed by atoms with Gasteiger partial charge in [-0.2, -0.15) is 0 Å². The highest BCUT2D eigenvalue weighted by Gasteiger charge is 2.17. The van der Waals surface area contributed by atoms with Crippen molar-refractivity contribution in [2.75, 3.05) is 0 Å². The molecule has 27 heavy (non-hydrogen) atoms. The van der Waals surface area contributed by atoms with Crippen LogP contribution in [-0.4, -0.2) is 9.94 Å². The third kappa shape index (κ3) is 3.40. The lowest BCUT2D eigenvalue weighted by Crippen LogP contribution is -2.24. The molecule has 3 nitrogen and oxygen atoms in total. The van der Waals surface area contributed by atoms with E-state index >= 15 is 0 Å². The Labute approximate surface area is 157 Å². The van der Waals surface area contributed by atoms with Gasteiger partial charge in [-0.3, -0.25) is 4.79 Å². The first-order valence-electron chi connectivity index (χ1n) is 8.87. The van der Waals surface area contributed by atoms with E-state index in [1.165, 1.54) is 0 Å². The molecular formula is C24H19NO2. The SMILES string of the molecule is O=c1c(Cc2ccccc2)cc(-c2ccccc2)c(-c2ccccc2)n1O. The van der Waals surface area contributed by atoms with Crippen LogP contribution in [0.25, 0.3) is 22.4 Å². The summed E-state index contributed by atoms with van der Waals surface area (Å²) < 4.78 is 0.788. The molecule has 0 unspecified atom stereocenters. The molecule has 4 aromatic rings. The molecule has 0 spiro atoms. The van der Waals surface area contributed by atoms with Gasteiger partial charge in [0.25, 0.3) is 5.56 Å². The molecule has 1 aromatic heterocycles. The fourth-order valence-corrected chi connectivity index (χ4v) is 3.31. The van der Waals surface area contributed by atoms with E-state index in [4.69, 9.17) is 0 Å². The van der Waals surface area contributed by atoms with Crippen LogP contribution >= 0.6 is 0 Å². The molecule has 0 aliphatic heterocycles. The minimum atomic E-state index is -0.391. The highest BCUT2D eigenvalue weighted by Crippen LogP contribution is 2.31. The zero-order valence-corrected chi connectivity index (χ0v) is 14.7. The zero-order valence-electron chi connectivity index (χ0n) is 14.7. The predicted octanol–water partition coefficient (Wildman–Crippen LogP) is 5.01. The van der Waals surface area contributed by atoms with Crippen molar-refractivity contribution in [3.05, 3.63) is 119 Å². The maximum absolute atomic E-state index is 12.9. The molecule has 0 radical (unpaired) electrons. The van der Waals surface area contributed by atoms with Crippen molar-refractivity contribution in [3.63, 3.8) is 0 Å². The molecule has 0 atom stereocenters. The summed E-state index contributed by atoms with van der Waals surface area (Å²) in [5, 5.41) is 10.8. The van der Waals surface area contributed by atoms with Crippen LogP contribution in [0.2, 0.25) is 0 Å². The molecule has 0 aliphatic carbocycles. The van der Waals surface area contributed by atoms with E-state index in [1.807, 2.05) is 97.1 Å². The standard InChI is InChI=1S/C24H19NO2/c26-24-21(16-18-10-4-1-5-11-18)17-22(19-12-6-2-7-13-19)23(25(24)27)20-14-8-3-9-15-20/h1-15,17,27H,16H2. The first-order chi connectivity index (χ1) is 13.2. The number of rotatable bonds is 4. The van der Waals surface area contributed by atoms with Crippen molar-refractivity contribution in [1.29, 1.82) is 0 Å². The normalized spacial score (nSPS) is 10.7. The number of hydrogen-bond donors (Lipinski definition) is 1. The van der Waals surface area contributed by atoms with Gasteiger partial charge in [0.05, 0.1) is 5.69 Å². The van der Waals surface area contributed by atoms with E-state index in [9.17, 15) is 10.0 Å². The van der Waals surface area contributed by atoms with Gasteiger partial charge in [0.2, 0.25) is 0 Å². The topological polar surface area (TPSA) is 42.2 Å². The minimum Gasteiger partial charge on any atom is -0.425 e. The summed E-state index contributed by atoms with van der Waals surface area (Å²) in [6, 6.07) is 31.0. The Morgan fingerprint density at radius 2 is 1.22 bits per heavy atom. The van der Waals surface area contributed by atoms with E-state index in [-0.39, 0.29) is 0 Å². The highest BCUT2D eigenvalue weighted by molar-refractivity contribution is 5.81. The summed E-state index contributed by atoms with van der Waals surface area (Å²) >= 11 is 0. The van der Waals surface area contributed by atoms with Crippen LogP contribution in [0.1, 0.15) is 11.1 Å². The van der Waals surface area contributed by atoms with Crippen molar-refractivity contribution in [3.8, 4) is 22.4 Å². The van der Waals surface area contributed by atoms with Crippen molar-refractivity contribution >= 4 is 0 Å². The van der Waals surface area contributed by atoms with Crippen molar-refractivity contribution < 1.29 is 5.21 Å². The Morgan fingerprint density at radius 3 is 1.81 bits per heavy atom. The van der Waals surface area contributed by atoms with E-state index in [0.29, 0.717) is 17.7 Å². The Bertz CT molecular complexity index is 1100. The molecule has 1 heterocycles. The fourth-order valence-electron chi connectivity index (χ4n) is 3.31. The smallest absolute Gasteiger partial charge is 0.286 e. The van der Waals surface area contributed by atoms with E-state index in [0.717, 1.165) is 27.0 Å². The third-order valence-electron chi connectivity index (χ3n) is 4.62. The molecule has 0 saturated heterocycles. The number of benzene rings is 3. The summed E-state index contributed by atoms with van der Waals surface area (Å²) in [4.78, 5) is 12.9. The second kappa shape index (κ2) is 7.34. The lowest BCUT2D eigenvalue weighted by atomic mass is 9.96. The molecule has 3 aromatic carbocycles. The Kier molecular flexibility index (Phi) is 4.58. The molecule has 0 aliphatic rings. The van der Waals surface area contributed by atoms with Gasteiger partial charge in [-0.1, -0.05) is 91.0 Å². The van der Waals surface area contributed by atoms with Gasteiger partial charge >= 0.3 is 0 Å². The van der Waals surface area contributed by atoms with E-state index in [1.54, 1.807) is 0 Å². The average molecular weight is 353 g/mol. The molecule has 4 rings (SSSR count). The number of nitrogens with zero attached hydrogens (tertiary/aromatic N) is 1. The van der Waals surface area contributed by atoms with Crippen LogP contribution < -0.4 is 5.56 Å². The minimum absolute atomic E-state index is 0.391. The maximum atomic E-state index is 12.9. The molecule has 132 valence electrons. The predicted molar refractivity (Wildman–Crippen MR) is 108 cm³/mol. The van der Waals surface area contributed by atoms with Crippen molar-refractivity contribution in [1.82, 2.24) is 4.73 Å². The number of pyridine rings is 1. The molecule has 0 bridgehead atoms. The lowest BCUT2D eigenvalue weighted by Gasteiger charge is -2.15. The van der Waals surface area contributed by atoms with Gasteiger partial charge in [-0.15, -0.1) is 4.73 Å². The number of aromatic nitrogens is 1. The van der Waals surface area contributed by atoms with E-state index in [2.05, 4.69) is 0 Å². The van der Waals surface area contributed by atoms with Gasteiger partial charge in [-0.05, 0) is 17.2 Å². The summed E-state index contributed by atoms with van der Waals surface area (Å²) in [6.07, 6.45) is 0.467. The molecular weight excluding hydrogens is 334 g/mol. The number of hydrogen-bond acceptors (Lipinski definition) is 2. The highest BCUT2D eigenvalue weighted by atomic mass is 16.5. The van der Waals surface area contributed by atoms with Gasteiger partial charge in [0.15, 0.2) is 0 Å². The summed E-state index contributed by atoms with van der Waals surface area (Å²) in [7, 11) is 0. The van der Waals surface area contributed by atoms with Crippen LogP contribution in [0.15, 0.2) is 102 Å². The summed E-state index contributed by atoms with van der Waals surface area (Å²) in [6.45, 7) is 0. The first kappa shape index (κ1) is 16.9. The fraction of sp³-hybridized carbons (Fsp3) is 0.0417. The van der Waals surface area contributed by atoms with Gasteiger partial charge in [0, 0.05) is 23.1 Å². The van der Waals surface area contributed by atoms with E-state index < -0.39 is 5.56 Å². The second-order valence-corrected chi connectivity index (χ2v) is 6.44. The Balaban J connectivity index is 1.94. The van der Waals surface area contributed by atoms with Crippen molar-refractivity contribution in [2.24, 2.45) is 0 Å². The maximum Gasteiger partial charge on any atom is 0.286 e. The quantitative estimate of drug-likeness (QED) is 0.524. The molecule has 0 saturated carbocycles. The summed E-state index contributed by atoms with van der Waals surface area (Å²) in [5.74, 6) is 0. The summed E-state index contributed by atoms with van der Waals surface area (Å²) in [5.41, 5.74) is 4.27. The molecule has 0 amide bonds. The largest absolute Gasteiger partial charge is 0.425 e. The zero-order chi connectivity index (χ0) is 18.6. The van der Waals surface area contributed by atoms with Gasteiger partial charge in [0.1, 0.15) is 0 Å². The van der Waals surface area contributed by atoms with Crippen LogP contribution in [-0.2, 0) is 6.42 Å². The molecule has 1 N–H and O–H groups in total. The van der Waals surface area contributed by atoms with Crippen LogP contribution in [0.4, 0.5) is 0 Å². The van der Waals surface area contributed by atoms with Crippen LogP contribution in [0, 0.1) is 0 Å². The molecule has 0 fully saturated rings. The van der Waals surface area contributed by atoms with Gasteiger partial charge in [-0.25, -0.2) is 0 Å². The Morgan fingerprint density at radius 1 is 0.704 bits per heavy atom. The second-order valence-electron chi connectivity index (χ2n) is 6.44. The monoisotopic (exact) mass is 353 g/mol. The third-order valence-corrected chi connectivity index (χ3v) is 4.62. The average Bonchev–Trinajstić information content (AvgIpc) is 2.73. The van der Waals surface area contributed by atoms with Crippen LogP contribution in [0.5, 0.6) is 0 Å². The lowest BCUT2D eigenvalue weighted by molar-refractivity contribution is 0.179.